The molecular weight excluding hydrogens is 484 g/mol. The van der Waals surface area contributed by atoms with Crippen LogP contribution >= 0.6 is 0 Å². The Hall–Kier alpha value is -4.30. The maximum atomic E-state index is 12.5. The Balaban J connectivity index is 1.60. The molecule has 2 amide bonds. The molecule has 0 atom stereocenters. The molecule has 1 aliphatic rings. The van der Waals surface area contributed by atoms with Crippen LogP contribution in [0.15, 0.2) is 24.5 Å². The highest BCUT2D eigenvalue weighted by molar-refractivity contribution is 5.99. The molecule has 196 valence electrons. The van der Waals surface area contributed by atoms with E-state index in [4.69, 9.17) is 19.4 Å². The number of morpholine rings is 1. The second-order valence-electron chi connectivity index (χ2n) is 8.05. The molecule has 4 N–H and O–H groups in total. The van der Waals surface area contributed by atoms with Gasteiger partial charge < -0.3 is 29.7 Å². The highest BCUT2D eigenvalue weighted by Crippen LogP contribution is 2.33. The number of anilines is 4. The molecule has 3 aromatic rings. The summed E-state index contributed by atoms with van der Waals surface area (Å²) in [4.78, 5) is 43.4. The number of rotatable bonds is 10. The minimum atomic E-state index is -0.555. The van der Waals surface area contributed by atoms with E-state index < -0.39 is 5.91 Å². The van der Waals surface area contributed by atoms with Gasteiger partial charge in [0.1, 0.15) is 23.7 Å². The highest BCUT2D eigenvalue weighted by atomic mass is 16.5. The summed E-state index contributed by atoms with van der Waals surface area (Å²) in [6.45, 7) is 2.61. The quantitative estimate of drug-likeness (QED) is 0.229. The summed E-state index contributed by atoms with van der Waals surface area (Å²) >= 11 is 0. The molecule has 0 unspecified atom stereocenters. The van der Waals surface area contributed by atoms with E-state index in [2.05, 4.69) is 35.5 Å². The van der Waals surface area contributed by atoms with Crippen molar-refractivity contribution in [2.24, 2.45) is 0 Å². The topological polar surface area (TPSA) is 173 Å². The zero-order valence-electron chi connectivity index (χ0n) is 20.5. The van der Waals surface area contributed by atoms with E-state index in [1.165, 1.54) is 20.5 Å². The van der Waals surface area contributed by atoms with Crippen LogP contribution in [-0.2, 0) is 14.3 Å². The molecule has 1 fully saturated rings. The lowest BCUT2D eigenvalue weighted by molar-refractivity contribution is -0.129. The third-order valence-electron chi connectivity index (χ3n) is 5.63. The van der Waals surface area contributed by atoms with Crippen LogP contribution in [0.3, 0.4) is 0 Å². The van der Waals surface area contributed by atoms with Crippen molar-refractivity contribution in [3.8, 4) is 11.6 Å². The van der Waals surface area contributed by atoms with Gasteiger partial charge in [-0.05, 0) is 12.5 Å². The van der Waals surface area contributed by atoms with Crippen molar-refractivity contribution in [1.29, 1.82) is 0 Å². The maximum absolute atomic E-state index is 12.5. The standard InChI is InChI=1S/C23H28N8O6/c1-35-17-11-15-14(10-16(17)26-19(32)4-3-5-20(33)30-34)22(25-13-24-15)29-23-27-18(12-21(28-23)36-2)31-6-8-37-9-7-31/h10-13,34H,3-9H2,1-2H3,(H,26,32)(H,30,33)(H,24,25,27,28,29). The summed E-state index contributed by atoms with van der Waals surface area (Å²) < 4.78 is 16.2. The second kappa shape index (κ2) is 12.1. The molecule has 14 heteroatoms. The first-order valence-corrected chi connectivity index (χ1v) is 11.6. The van der Waals surface area contributed by atoms with Crippen molar-refractivity contribution in [3.63, 3.8) is 0 Å². The number of aromatic nitrogens is 4. The van der Waals surface area contributed by atoms with Gasteiger partial charge in [-0.3, -0.25) is 14.8 Å². The van der Waals surface area contributed by atoms with Crippen LogP contribution < -0.4 is 30.5 Å². The molecule has 1 saturated heterocycles. The largest absolute Gasteiger partial charge is 0.494 e. The predicted molar refractivity (Wildman–Crippen MR) is 133 cm³/mol. The van der Waals surface area contributed by atoms with Crippen LogP contribution in [0.4, 0.5) is 23.3 Å². The molecule has 4 rings (SSSR count). The van der Waals surface area contributed by atoms with Crippen molar-refractivity contribution in [1.82, 2.24) is 25.4 Å². The molecule has 1 aromatic carbocycles. The monoisotopic (exact) mass is 512 g/mol. The molecule has 0 saturated carbocycles. The summed E-state index contributed by atoms with van der Waals surface area (Å²) in [6.07, 6.45) is 1.76. The average molecular weight is 513 g/mol. The number of hydrogen-bond acceptors (Lipinski definition) is 12. The van der Waals surface area contributed by atoms with Gasteiger partial charge in [0.15, 0.2) is 0 Å². The Labute approximate surface area is 212 Å². The lowest BCUT2D eigenvalue weighted by Gasteiger charge is -2.28. The van der Waals surface area contributed by atoms with Gasteiger partial charge in [-0.2, -0.15) is 9.97 Å². The Morgan fingerprint density at radius 3 is 2.57 bits per heavy atom. The summed E-state index contributed by atoms with van der Waals surface area (Å²) in [6, 6.07) is 5.14. The first kappa shape index (κ1) is 25.8. The van der Waals surface area contributed by atoms with Crippen molar-refractivity contribution in [3.05, 3.63) is 24.5 Å². The van der Waals surface area contributed by atoms with Crippen molar-refractivity contribution in [2.75, 3.05) is 56.1 Å². The van der Waals surface area contributed by atoms with E-state index in [0.29, 0.717) is 66.2 Å². The minimum Gasteiger partial charge on any atom is -0.494 e. The van der Waals surface area contributed by atoms with Crippen LogP contribution in [0, 0.1) is 0 Å². The number of fused-ring (bicyclic) bond motifs is 1. The Morgan fingerprint density at radius 2 is 1.84 bits per heavy atom. The van der Waals surface area contributed by atoms with E-state index in [9.17, 15) is 9.59 Å². The fourth-order valence-electron chi connectivity index (χ4n) is 3.76. The van der Waals surface area contributed by atoms with Crippen LogP contribution in [0.2, 0.25) is 0 Å². The zero-order valence-corrected chi connectivity index (χ0v) is 20.5. The van der Waals surface area contributed by atoms with Crippen LogP contribution in [0.25, 0.3) is 10.9 Å². The second-order valence-corrected chi connectivity index (χ2v) is 8.05. The molecular formula is C23H28N8O6. The normalized spacial score (nSPS) is 13.2. The average Bonchev–Trinajstić information content (AvgIpc) is 2.93. The maximum Gasteiger partial charge on any atom is 0.243 e. The van der Waals surface area contributed by atoms with Crippen LogP contribution in [0.1, 0.15) is 19.3 Å². The van der Waals surface area contributed by atoms with E-state index in [0.717, 1.165) is 0 Å². The first-order valence-electron chi connectivity index (χ1n) is 11.6. The number of benzene rings is 1. The molecule has 0 radical (unpaired) electrons. The number of hydrogen-bond donors (Lipinski definition) is 4. The molecule has 1 aliphatic heterocycles. The Morgan fingerprint density at radius 1 is 1.05 bits per heavy atom. The highest BCUT2D eigenvalue weighted by Gasteiger charge is 2.18. The summed E-state index contributed by atoms with van der Waals surface area (Å²) in [5.41, 5.74) is 2.52. The third kappa shape index (κ3) is 6.48. The number of nitrogens with one attached hydrogen (secondary N) is 3. The molecule has 0 bridgehead atoms. The van der Waals surface area contributed by atoms with Crippen molar-refractivity contribution < 1.29 is 29.0 Å². The number of methoxy groups -OCH3 is 2. The molecule has 0 spiro atoms. The number of ether oxygens (including phenoxy) is 3. The molecule has 0 aliphatic carbocycles. The van der Waals surface area contributed by atoms with Gasteiger partial charge >= 0.3 is 0 Å². The van der Waals surface area contributed by atoms with E-state index in [1.807, 2.05) is 0 Å². The van der Waals surface area contributed by atoms with Gasteiger partial charge in [-0.25, -0.2) is 15.4 Å². The van der Waals surface area contributed by atoms with Crippen LogP contribution in [-0.4, -0.2) is 77.5 Å². The number of hydroxylamine groups is 1. The lowest BCUT2D eigenvalue weighted by Crippen LogP contribution is -2.36. The molecule has 37 heavy (non-hydrogen) atoms. The van der Waals surface area contributed by atoms with Gasteiger partial charge in [-0.1, -0.05) is 0 Å². The first-order chi connectivity index (χ1) is 18.0. The summed E-state index contributed by atoms with van der Waals surface area (Å²) in [5.74, 6) is 1.32. The van der Waals surface area contributed by atoms with Gasteiger partial charge in [0.25, 0.3) is 0 Å². The fraction of sp³-hybridized carbons (Fsp3) is 0.391. The third-order valence-corrected chi connectivity index (χ3v) is 5.63. The van der Waals surface area contributed by atoms with Gasteiger partial charge in [0, 0.05) is 43.5 Å². The molecule has 3 heterocycles. The van der Waals surface area contributed by atoms with Crippen LogP contribution in [0.5, 0.6) is 11.6 Å². The summed E-state index contributed by atoms with van der Waals surface area (Å²) in [7, 11) is 3.02. The Bertz CT molecular complexity index is 1270. The smallest absolute Gasteiger partial charge is 0.243 e. The number of amides is 2. The minimum absolute atomic E-state index is 0.0215. The van der Waals surface area contributed by atoms with E-state index in [1.54, 1.807) is 23.7 Å². The zero-order chi connectivity index (χ0) is 26.2. The molecule has 14 nitrogen and oxygen atoms in total. The lowest BCUT2D eigenvalue weighted by atomic mass is 10.1. The van der Waals surface area contributed by atoms with Gasteiger partial charge in [-0.15, -0.1) is 0 Å². The van der Waals surface area contributed by atoms with E-state index >= 15 is 0 Å². The van der Waals surface area contributed by atoms with Crippen molar-refractivity contribution in [2.45, 2.75) is 19.3 Å². The number of carbonyl (C=O) groups excluding carboxylic acids is 2. The molecule has 2 aromatic heterocycles. The van der Waals surface area contributed by atoms with Gasteiger partial charge in [0.05, 0.1) is 38.6 Å². The Kier molecular flexibility index (Phi) is 8.43. The number of carbonyl (C=O) groups is 2. The number of nitrogens with zero attached hydrogens (tertiary/aromatic N) is 5. The SMILES string of the molecule is COc1cc(N2CCOCC2)nc(Nc2ncnc3cc(OC)c(NC(=O)CCCC(=O)NO)cc23)n1. The van der Waals surface area contributed by atoms with E-state index in [-0.39, 0.29) is 31.1 Å². The fourth-order valence-corrected chi connectivity index (χ4v) is 3.76. The van der Waals surface area contributed by atoms with Gasteiger partial charge in [0.2, 0.25) is 23.6 Å². The predicted octanol–water partition coefficient (Wildman–Crippen LogP) is 1.63. The van der Waals surface area contributed by atoms with Crippen molar-refractivity contribution >= 4 is 46.0 Å². The summed E-state index contributed by atoms with van der Waals surface area (Å²) in [5, 5.41) is 15.1.